The first-order valence-corrected chi connectivity index (χ1v) is 4.58. The molecule has 1 aromatic rings. The maximum atomic E-state index is 12.7. The number of alkyl halides is 2. The highest BCUT2D eigenvalue weighted by Crippen LogP contribution is 2.49. The van der Waals surface area contributed by atoms with Crippen LogP contribution in [0.25, 0.3) is 0 Å². The molecular weight excluding hydrogens is 210 g/mol. The van der Waals surface area contributed by atoms with Crippen LogP contribution in [0.5, 0.6) is 0 Å². The van der Waals surface area contributed by atoms with Gasteiger partial charge in [-0.25, -0.2) is 13.8 Å². The Morgan fingerprint density at radius 3 is 2.43 bits per heavy atom. The molecular formula is C9H9ClF2N2. The van der Waals surface area contributed by atoms with Gasteiger partial charge in [-0.3, -0.25) is 0 Å². The van der Waals surface area contributed by atoms with Gasteiger partial charge in [-0.15, -0.1) is 0 Å². The van der Waals surface area contributed by atoms with E-state index in [0.29, 0.717) is 10.7 Å². The third kappa shape index (κ3) is 1.60. The summed E-state index contributed by atoms with van der Waals surface area (Å²) in [6.45, 7) is 0. The third-order valence-electron chi connectivity index (χ3n) is 2.45. The summed E-state index contributed by atoms with van der Waals surface area (Å²) in [7, 11) is 0. The molecule has 1 aromatic heterocycles. The van der Waals surface area contributed by atoms with Crippen molar-refractivity contribution in [3.05, 3.63) is 29.0 Å². The quantitative estimate of drug-likeness (QED) is 0.735. The van der Waals surface area contributed by atoms with E-state index in [-0.39, 0.29) is 12.8 Å². The number of aromatic nitrogens is 1. The van der Waals surface area contributed by atoms with E-state index >= 15 is 0 Å². The van der Waals surface area contributed by atoms with Crippen molar-refractivity contribution in [1.82, 2.24) is 4.98 Å². The zero-order valence-electron chi connectivity index (χ0n) is 7.30. The lowest BCUT2D eigenvalue weighted by Gasteiger charge is -2.44. The minimum absolute atomic E-state index is 0.316. The second-order valence-corrected chi connectivity index (χ2v) is 4.12. The van der Waals surface area contributed by atoms with Gasteiger partial charge in [0.1, 0.15) is 5.15 Å². The van der Waals surface area contributed by atoms with Gasteiger partial charge in [0, 0.05) is 19.0 Å². The molecule has 1 saturated carbocycles. The Bertz CT molecular complexity index is 342. The van der Waals surface area contributed by atoms with Crippen LogP contribution in [0.15, 0.2) is 18.3 Å². The Morgan fingerprint density at radius 2 is 2.00 bits per heavy atom. The van der Waals surface area contributed by atoms with Crippen LogP contribution in [0.4, 0.5) is 8.78 Å². The molecule has 1 fully saturated rings. The average Bonchev–Trinajstić information content (AvgIpc) is 2.01. The second-order valence-electron chi connectivity index (χ2n) is 3.74. The highest BCUT2D eigenvalue weighted by Gasteiger charge is 2.55. The molecule has 1 heterocycles. The van der Waals surface area contributed by atoms with Crippen molar-refractivity contribution in [1.29, 1.82) is 0 Å². The molecule has 1 aliphatic carbocycles. The lowest BCUT2D eigenvalue weighted by Crippen LogP contribution is -2.55. The van der Waals surface area contributed by atoms with E-state index < -0.39 is 11.5 Å². The van der Waals surface area contributed by atoms with E-state index in [1.165, 1.54) is 6.20 Å². The lowest BCUT2D eigenvalue weighted by atomic mass is 9.70. The van der Waals surface area contributed by atoms with Crippen LogP contribution in [0.3, 0.4) is 0 Å². The fourth-order valence-electron chi connectivity index (χ4n) is 1.75. The Kier molecular flexibility index (Phi) is 2.01. The first kappa shape index (κ1) is 9.80. The molecule has 0 saturated heterocycles. The normalized spacial score (nSPS) is 22.9. The van der Waals surface area contributed by atoms with Crippen molar-refractivity contribution in [3.63, 3.8) is 0 Å². The maximum absolute atomic E-state index is 12.7. The summed E-state index contributed by atoms with van der Waals surface area (Å²) in [6.07, 6.45) is 0.824. The molecule has 0 bridgehead atoms. The van der Waals surface area contributed by atoms with Crippen molar-refractivity contribution in [2.45, 2.75) is 24.3 Å². The Morgan fingerprint density at radius 1 is 1.36 bits per heavy atom. The summed E-state index contributed by atoms with van der Waals surface area (Å²) in [5.74, 6) is -2.63. The predicted molar refractivity (Wildman–Crippen MR) is 49.3 cm³/mol. The number of rotatable bonds is 1. The number of nitrogens with zero attached hydrogens (tertiary/aromatic N) is 1. The fraction of sp³-hybridized carbons (Fsp3) is 0.444. The molecule has 0 atom stereocenters. The highest BCUT2D eigenvalue weighted by atomic mass is 35.5. The van der Waals surface area contributed by atoms with E-state index in [1.54, 1.807) is 12.1 Å². The monoisotopic (exact) mass is 218 g/mol. The summed E-state index contributed by atoms with van der Waals surface area (Å²) in [4.78, 5) is 3.82. The van der Waals surface area contributed by atoms with Gasteiger partial charge in [0.15, 0.2) is 0 Å². The summed E-state index contributed by atoms with van der Waals surface area (Å²) in [5.41, 5.74) is 5.48. The van der Waals surface area contributed by atoms with Crippen molar-refractivity contribution in [2.24, 2.45) is 5.73 Å². The first-order valence-electron chi connectivity index (χ1n) is 4.20. The van der Waals surface area contributed by atoms with E-state index in [9.17, 15) is 8.78 Å². The predicted octanol–water partition coefficient (Wildman–Crippen LogP) is 2.32. The van der Waals surface area contributed by atoms with Crippen molar-refractivity contribution in [3.8, 4) is 0 Å². The minimum atomic E-state index is -2.63. The van der Waals surface area contributed by atoms with Crippen LogP contribution < -0.4 is 5.73 Å². The van der Waals surface area contributed by atoms with Crippen LogP contribution in [-0.2, 0) is 5.54 Å². The topological polar surface area (TPSA) is 38.9 Å². The smallest absolute Gasteiger partial charge is 0.252 e. The number of halogens is 3. The standard InChI is InChI=1S/C9H9ClF2N2/c10-7-2-1-6(3-14-7)8(13)4-9(11,12)5-8/h1-3H,4-5,13H2. The van der Waals surface area contributed by atoms with Gasteiger partial charge in [0.25, 0.3) is 5.92 Å². The third-order valence-corrected chi connectivity index (χ3v) is 2.67. The van der Waals surface area contributed by atoms with Crippen molar-refractivity contribution < 1.29 is 8.78 Å². The zero-order chi connectivity index (χ0) is 10.4. The summed E-state index contributed by atoms with van der Waals surface area (Å²) in [6, 6.07) is 3.20. The number of hydrogen-bond donors (Lipinski definition) is 1. The SMILES string of the molecule is NC1(c2ccc(Cl)nc2)CC(F)(F)C1. The van der Waals surface area contributed by atoms with Crippen LogP contribution in [0, 0.1) is 0 Å². The summed E-state index contributed by atoms with van der Waals surface area (Å²) < 4.78 is 25.3. The molecule has 2 N–H and O–H groups in total. The summed E-state index contributed by atoms with van der Waals surface area (Å²) in [5, 5.41) is 0.337. The van der Waals surface area contributed by atoms with Gasteiger partial charge in [-0.2, -0.15) is 0 Å². The van der Waals surface area contributed by atoms with E-state index in [1.807, 2.05) is 0 Å². The molecule has 0 radical (unpaired) electrons. The molecule has 1 aliphatic rings. The number of nitrogens with two attached hydrogens (primary N) is 1. The number of pyridine rings is 1. The second kappa shape index (κ2) is 2.87. The van der Waals surface area contributed by atoms with Gasteiger partial charge >= 0.3 is 0 Å². The molecule has 0 aromatic carbocycles. The van der Waals surface area contributed by atoms with Crippen molar-refractivity contribution >= 4 is 11.6 Å². The molecule has 0 amide bonds. The molecule has 2 rings (SSSR count). The van der Waals surface area contributed by atoms with Crippen LogP contribution in [0.1, 0.15) is 18.4 Å². The molecule has 14 heavy (non-hydrogen) atoms. The molecule has 0 unspecified atom stereocenters. The van der Waals surface area contributed by atoms with E-state index in [0.717, 1.165) is 0 Å². The first-order chi connectivity index (χ1) is 6.41. The maximum Gasteiger partial charge on any atom is 0.252 e. The molecule has 5 heteroatoms. The van der Waals surface area contributed by atoms with E-state index in [2.05, 4.69) is 4.98 Å². The lowest BCUT2D eigenvalue weighted by molar-refractivity contribution is -0.125. The van der Waals surface area contributed by atoms with Gasteiger partial charge < -0.3 is 5.73 Å². The highest BCUT2D eigenvalue weighted by molar-refractivity contribution is 6.29. The zero-order valence-corrected chi connectivity index (χ0v) is 8.06. The number of hydrogen-bond acceptors (Lipinski definition) is 2. The molecule has 0 aliphatic heterocycles. The van der Waals surface area contributed by atoms with Gasteiger partial charge in [-0.1, -0.05) is 17.7 Å². The van der Waals surface area contributed by atoms with Gasteiger partial charge in [-0.05, 0) is 11.6 Å². The largest absolute Gasteiger partial charge is 0.321 e. The Hall–Kier alpha value is -0.740. The van der Waals surface area contributed by atoms with Crippen LogP contribution in [0.2, 0.25) is 5.15 Å². The summed E-state index contributed by atoms with van der Waals surface area (Å²) >= 11 is 5.58. The minimum Gasteiger partial charge on any atom is -0.321 e. The van der Waals surface area contributed by atoms with Crippen molar-refractivity contribution in [2.75, 3.05) is 0 Å². The molecule has 2 nitrogen and oxygen atoms in total. The van der Waals surface area contributed by atoms with Crippen LogP contribution >= 0.6 is 11.6 Å². The average molecular weight is 219 g/mol. The Labute approximate surface area is 85.1 Å². The van der Waals surface area contributed by atoms with Gasteiger partial charge in [0.2, 0.25) is 0 Å². The molecule has 76 valence electrons. The molecule has 0 spiro atoms. The van der Waals surface area contributed by atoms with Gasteiger partial charge in [0.05, 0.1) is 5.54 Å². The fourth-order valence-corrected chi connectivity index (χ4v) is 1.86. The Balaban J connectivity index is 2.21. The van der Waals surface area contributed by atoms with E-state index in [4.69, 9.17) is 17.3 Å². The van der Waals surface area contributed by atoms with Crippen LogP contribution in [-0.4, -0.2) is 10.9 Å².